The number of nitrogens with zero attached hydrogens (tertiary/aromatic N) is 2. The lowest BCUT2D eigenvalue weighted by atomic mass is 9.81. The fraction of sp³-hybridized carbons (Fsp3) is 0.500. The van der Waals surface area contributed by atoms with Crippen molar-refractivity contribution in [2.24, 2.45) is 11.8 Å². The molecule has 6 nitrogen and oxygen atoms in total. The van der Waals surface area contributed by atoms with Gasteiger partial charge in [-0.2, -0.15) is 0 Å². The van der Waals surface area contributed by atoms with E-state index in [1.807, 2.05) is 18.2 Å². The van der Waals surface area contributed by atoms with E-state index in [-0.39, 0.29) is 48.4 Å². The highest BCUT2D eigenvalue weighted by Gasteiger charge is 2.35. The Balaban J connectivity index is 0.00000240. The van der Waals surface area contributed by atoms with Gasteiger partial charge in [-0.1, -0.05) is 0 Å². The molecule has 0 amide bonds. The number of fused-ring (bicyclic) bond motifs is 1. The number of carbonyl (C=O) groups excluding carboxylic acids is 2. The zero-order chi connectivity index (χ0) is 20.8. The fourth-order valence-corrected chi connectivity index (χ4v) is 4.34. The van der Waals surface area contributed by atoms with Crippen LogP contribution in [0.2, 0.25) is 0 Å². The highest BCUT2D eigenvalue weighted by atomic mass is 35.5. The molecule has 3 rings (SSSR count). The van der Waals surface area contributed by atoms with Gasteiger partial charge in [0.05, 0.1) is 25.7 Å². The molecule has 172 valence electrons. The van der Waals surface area contributed by atoms with Crippen molar-refractivity contribution in [2.45, 2.75) is 19.3 Å². The van der Waals surface area contributed by atoms with Gasteiger partial charge in [-0.15, -0.1) is 36.4 Å². The van der Waals surface area contributed by atoms with Gasteiger partial charge in [0.15, 0.2) is 5.78 Å². The van der Waals surface area contributed by atoms with E-state index in [9.17, 15) is 9.59 Å². The average Bonchev–Trinajstić information content (AvgIpc) is 2.76. The molecule has 9 heteroatoms. The average molecular weight is 492 g/mol. The Kier molecular flexibility index (Phi) is 11.6. The Morgan fingerprint density at radius 2 is 2.00 bits per heavy atom. The number of hydrogen-bond acceptors (Lipinski definition) is 6. The molecule has 0 radical (unpaired) electrons. The van der Waals surface area contributed by atoms with Gasteiger partial charge in [0.2, 0.25) is 0 Å². The molecule has 31 heavy (non-hydrogen) atoms. The molecule has 1 aliphatic rings. The van der Waals surface area contributed by atoms with Gasteiger partial charge >= 0.3 is 5.97 Å². The van der Waals surface area contributed by atoms with Crippen LogP contribution in [-0.2, 0) is 9.53 Å². The van der Waals surface area contributed by atoms with Crippen molar-refractivity contribution >= 4 is 59.1 Å². The van der Waals surface area contributed by atoms with E-state index in [0.29, 0.717) is 36.6 Å². The number of Topliss-reactive ketones (excluding diaryl/α,β-unsaturated/α-hetero) is 1. The van der Waals surface area contributed by atoms with Gasteiger partial charge in [-0.05, 0) is 49.6 Å². The summed E-state index contributed by atoms with van der Waals surface area (Å²) in [5, 5.41) is 0.790. The minimum Gasteiger partial charge on any atom is -0.497 e. The molecule has 2 heterocycles. The number of piperidine rings is 1. The van der Waals surface area contributed by atoms with E-state index in [1.54, 1.807) is 19.4 Å². The lowest BCUT2D eigenvalue weighted by molar-refractivity contribution is -0.149. The molecule has 1 aliphatic heterocycles. The number of methoxy groups -OCH3 is 2. The molecule has 0 bridgehead atoms. The van der Waals surface area contributed by atoms with E-state index < -0.39 is 0 Å². The molecule has 0 spiro atoms. The highest BCUT2D eigenvalue weighted by Crippen LogP contribution is 2.30. The Labute approximate surface area is 200 Å². The van der Waals surface area contributed by atoms with Gasteiger partial charge < -0.3 is 14.4 Å². The van der Waals surface area contributed by atoms with E-state index in [1.165, 1.54) is 7.11 Å². The standard InChI is InChI=1S/C22H27ClN2O4.2ClH/c1-28-16-4-5-20-18(13-16)17(7-10-24-20)21(26)6-3-15-8-11-25(12-9-23)14-19(15)22(27)29-2;;/h4-5,7,10,13,15,19H,3,6,8-9,11-12,14H2,1-2H3;2*1H/t15-,19+;;/m1../s1. The molecule has 2 aromatic rings. The predicted octanol–water partition coefficient (Wildman–Crippen LogP) is 4.40. The van der Waals surface area contributed by atoms with Gasteiger partial charge in [-0.25, -0.2) is 0 Å². The molecule has 0 aliphatic carbocycles. The first kappa shape index (κ1) is 27.4. The second kappa shape index (κ2) is 13.1. The summed E-state index contributed by atoms with van der Waals surface area (Å²) in [5.41, 5.74) is 1.40. The van der Waals surface area contributed by atoms with Gasteiger partial charge in [0.25, 0.3) is 0 Å². The maximum absolute atomic E-state index is 13.0. The van der Waals surface area contributed by atoms with Gasteiger partial charge in [0, 0.05) is 42.5 Å². The quantitative estimate of drug-likeness (QED) is 0.310. The Morgan fingerprint density at radius 3 is 2.68 bits per heavy atom. The Bertz CT molecular complexity index is 881. The van der Waals surface area contributed by atoms with E-state index in [4.69, 9.17) is 21.1 Å². The minimum atomic E-state index is -0.223. The van der Waals surface area contributed by atoms with Gasteiger partial charge in [0.1, 0.15) is 5.75 Å². The summed E-state index contributed by atoms with van der Waals surface area (Å²) < 4.78 is 10.3. The van der Waals surface area contributed by atoms with Crippen LogP contribution in [0.5, 0.6) is 5.75 Å². The lowest BCUT2D eigenvalue weighted by Gasteiger charge is -2.36. The van der Waals surface area contributed by atoms with Crippen LogP contribution in [-0.4, -0.2) is 61.4 Å². The molecule has 0 saturated carbocycles. The zero-order valence-corrected chi connectivity index (χ0v) is 20.1. The summed E-state index contributed by atoms with van der Waals surface area (Å²) >= 11 is 5.86. The molecule has 0 N–H and O–H groups in total. The summed E-state index contributed by atoms with van der Waals surface area (Å²) in [7, 11) is 3.02. The van der Waals surface area contributed by atoms with Crippen molar-refractivity contribution in [3.63, 3.8) is 0 Å². The number of carbonyl (C=O) groups is 2. The normalized spacial score (nSPS) is 18.5. The van der Waals surface area contributed by atoms with Crippen LogP contribution in [0, 0.1) is 11.8 Å². The summed E-state index contributed by atoms with van der Waals surface area (Å²) in [6, 6.07) is 7.28. The third-order valence-electron chi connectivity index (χ3n) is 5.74. The molecular weight excluding hydrogens is 463 g/mol. The SMILES string of the molecule is COC(=O)[C@H]1CN(CCCl)CC[C@H]1CCC(=O)c1ccnc2ccc(OC)cc12.Cl.Cl. The second-order valence-corrected chi connectivity index (χ2v) is 7.75. The van der Waals surface area contributed by atoms with Gasteiger partial charge in [-0.3, -0.25) is 14.6 Å². The Hall–Kier alpha value is -1.60. The number of halogens is 3. The lowest BCUT2D eigenvalue weighted by Crippen LogP contribution is -2.45. The van der Waals surface area contributed by atoms with Crippen molar-refractivity contribution in [2.75, 3.05) is 39.7 Å². The number of ether oxygens (including phenoxy) is 2. The molecular formula is C22H29Cl3N2O4. The largest absolute Gasteiger partial charge is 0.497 e. The molecule has 1 aromatic heterocycles. The number of benzene rings is 1. The van der Waals surface area contributed by atoms with E-state index in [2.05, 4.69) is 9.88 Å². The smallest absolute Gasteiger partial charge is 0.310 e. The van der Waals surface area contributed by atoms with Crippen molar-refractivity contribution in [3.05, 3.63) is 36.0 Å². The second-order valence-electron chi connectivity index (χ2n) is 7.37. The van der Waals surface area contributed by atoms with Crippen molar-refractivity contribution in [3.8, 4) is 5.75 Å². The monoisotopic (exact) mass is 490 g/mol. The molecule has 0 unspecified atom stereocenters. The number of alkyl halides is 1. The van der Waals surface area contributed by atoms with Crippen LogP contribution in [0.1, 0.15) is 29.6 Å². The predicted molar refractivity (Wildman–Crippen MR) is 127 cm³/mol. The Morgan fingerprint density at radius 1 is 1.23 bits per heavy atom. The fourth-order valence-electron chi connectivity index (χ4n) is 4.10. The van der Waals surface area contributed by atoms with Crippen LogP contribution in [0.3, 0.4) is 0 Å². The van der Waals surface area contributed by atoms with Crippen molar-refractivity contribution in [1.82, 2.24) is 9.88 Å². The number of rotatable bonds is 8. The summed E-state index contributed by atoms with van der Waals surface area (Å²) in [6.07, 6.45) is 3.55. The maximum atomic E-state index is 13.0. The van der Waals surface area contributed by atoms with E-state index in [0.717, 1.165) is 30.4 Å². The number of pyridine rings is 1. The first-order chi connectivity index (χ1) is 14.1. The number of likely N-dealkylation sites (tertiary alicyclic amines) is 1. The third-order valence-corrected chi connectivity index (χ3v) is 5.91. The van der Waals surface area contributed by atoms with Crippen LogP contribution < -0.4 is 4.74 Å². The van der Waals surface area contributed by atoms with Crippen LogP contribution in [0.15, 0.2) is 30.5 Å². The van der Waals surface area contributed by atoms with Crippen molar-refractivity contribution < 1.29 is 19.1 Å². The van der Waals surface area contributed by atoms with Crippen LogP contribution >= 0.6 is 36.4 Å². The number of esters is 1. The molecule has 1 fully saturated rings. The minimum absolute atomic E-state index is 0. The maximum Gasteiger partial charge on any atom is 0.310 e. The summed E-state index contributed by atoms with van der Waals surface area (Å²) in [5.74, 6) is 0.977. The van der Waals surface area contributed by atoms with Crippen LogP contribution in [0.4, 0.5) is 0 Å². The molecule has 1 saturated heterocycles. The molecule has 2 atom stereocenters. The molecule has 1 aromatic carbocycles. The first-order valence-electron chi connectivity index (χ1n) is 9.89. The van der Waals surface area contributed by atoms with Crippen molar-refractivity contribution in [1.29, 1.82) is 0 Å². The zero-order valence-electron chi connectivity index (χ0n) is 17.7. The third kappa shape index (κ3) is 6.69. The summed E-state index contributed by atoms with van der Waals surface area (Å²) in [6.45, 7) is 2.27. The number of ketones is 1. The topological polar surface area (TPSA) is 68.7 Å². The van der Waals surface area contributed by atoms with Crippen LogP contribution in [0.25, 0.3) is 10.9 Å². The number of aromatic nitrogens is 1. The highest BCUT2D eigenvalue weighted by molar-refractivity contribution is 6.18. The number of hydrogen-bond donors (Lipinski definition) is 0. The summed E-state index contributed by atoms with van der Waals surface area (Å²) in [4.78, 5) is 31.8. The van der Waals surface area contributed by atoms with E-state index >= 15 is 0 Å². The first-order valence-corrected chi connectivity index (χ1v) is 10.4.